The van der Waals surface area contributed by atoms with E-state index in [4.69, 9.17) is 9.15 Å². The Morgan fingerprint density at radius 1 is 1.04 bits per heavy atom. The third-order valence-corrected chi connectivity index (χ3v) is 4.30. The van der Waals surface area contributed by atoms with Crippen molar-refractivity contribution >= 4 is 39.5 Å². The SMILES string of the molecule is COc1ccc(NC(=O)/C(=C/c2ccc(Br)cc2)NC(=O)c2ccco2)cc1. The van der Waals surface area contributed by atoms with Crippen LogP contribution in [0.3, 0.4) is 0 Å². The van der Waals surface area contributed by atoms with Crippen LogP contribution in [-0.2, 0) is 4.79 Å². The molecule has 0 saturated heterocycles. The van der Waals surface area contributed by atoms with Crippen molar-refractivity contribution in [3.05, 3.63) is 88.4 Å². The molecule has 0 aliphatic heterocycles. The van der Waals surface area contributed by atoms with Gasteiger partial charge in [-0.25, -0.2) is 0 Å². The number of rotatable bonds is 6. The number of hydrogen-bond acceptors (Lipinski definition) is 4. The molecule has 6 nitrogen and oxygen atoms in total. The summed E-state index contributed by atoms with van der Waals surface area (Å²) in [4.78, 5) is 25.1. The van der Waals surface area contributed by atoms with Crippen LogP contribution < -0.4 is 15.4 Å². The van der Waals surface area contributed by atoms with Crippen LogP contribution in [0.1, 0.15) is 16.1 Å². The average Bonchev–Trinajstić information content (AvgIpc) is 3.24. The lowest BCUT2D eigenvalue weighted by atomic mass is 10.2. The lowest BCUT2D eigenvalue weighted by molar-refractivity contribution is -0.113. The summed E-state index contributed by atoms with van der Waals surface area (Å²) in [6.07, 6.45) is 2.98. The second kappa shape index (κ2) is 9.05. The number of methoxy groups -OCH3 is 1. The van der Waals surface area contributed by atoms with Gasteiger partial charge in [-0.2, -0.15) is 0 Å². The topological polar surface area (TPSA) is 80.6 Å². The Bertz CT molecular complexity index is 978. The summed E-state index contributed by atoms with van der Waals surface area (Å²) in [5, 5.41) is 5.36. The Morgan fingerprint density at radius 3 is 2.36 bits per heavy atom. The smallest absolute Gasteiger partial charge is 0.291 e. The molecule has 2 N–H and O–H groups in total. The van der Waals surface area contributed by atoms with Crippen molar-refractivity contribution in [2.45, 2.75) is 0 Å². The van der Waals surface area contributed by atoms with Crippen molar-refractivity contribution in [3.8, 4) is 5.75 Å². The molecule has 0 saturated carbocycles. The maximum absolute atomic E-state index is 12.8. The average molecular weight is 441 g/mol. The monoisotopic (exact) mass is 440 g/mol. The zero-order chi connectivity index (χ0) is 19.9. The number of benzene rings is 2. The van der Waals surface area contributed by atoms with Crippen molar-refractivity contribution in [1.82, 2.24) is 5.32 Å². The van der Waals surface area contributed by atoms with E-state index in [1.165, 1.54) is 12.3 Å². The van der Waals surface area contributed by atoms with E-state index in [1.807, 2.05) is 24.3 Å². The first-order valence-corrected chi connectivity index (χ1v) is 9.12. The normalized spacial score (nSPS) is 11.0. The van der Waals surface area contributed by atoms with Gasteiger partial charge in [0.2, 0.25) is 0 Å². The highest BCUT2D eigenvalue weighted by Gasteiger charge is 2.16. The second-order valence-electron chi connectivity index (χ2n) is 5.72. The van der Waals surface area contributed by atoms with E-state index in [9.17, 15) is 9.59 Å². The molecule has 3 aromatic rings. The quantitative estimate of drug-likeness (QED) is 0.554. The summed E-state index contributed by atoms with van der Waals surface area (Å²) in [6.45, 7) is 0. The highest BCUT2D eigenvalue weighted by molar-refractivity contribution is 9.10. The Balaban J connectivity index is 1.84. The number of carbonyl (C=O) groups is 2. The predicted octanol–water partition coefficient (Wildman–Crippen LogP) is 4.46. The van der Waals surface area contributed by atoms with E-state index in [-0.39, 0.29) is 11.5 Å². The summed E-state index contributed by atoms with van der Waals surface area (Å²) in [5.74, 6) is -0.195. The van der Waals surface area contributed by atoms with Crippen LogP contribution in [-0.4, -0.2) is 18.9 Å². The van der Waals surface area contributed by atoms with E-state index < -0.39 is 11.8 Å². The fraction of sp³-hybridized carbons (Fsp3) is 0.0476. The van der Waals surface area contributed by atoms with Gasteiger partial charge >= 0.3 is 0 Å². The summed E-state index contributed by atoms with van der Waals surface area (Å²) >= 11 is 3.37. The Kier molecular flexibility index (Phi) is 6.29. The molecule has 142 valence electrons. The molecule has 1 heterocycles. The number of amides is 2. The van der Waals surface area contributed by atoms with Crippen LogP contribution >= 0.6 is 15.9 Å². The molecule has 0 aliphatic rings. The third kappa shape index (κ3) is 5.11. The second-order valence-corrected chi connectivity index (χ2v) is 6.64. The van der Waals surface area contributed by atoms with Crippen molar-refractivity contribution in [2.75, 3.05) is 12.4 Å². The summed E-state index contributed by atoms with van der Waals surface area (Å²) in [7, 11) is 1.57. The molecule has 0 bridgehead atoms. The molecular formula is C21H17BrN2O4. The summed E-state index contributed by atoms with van der Waals surface area (Å²) in [5.41, 5.74) is 1.40. The molecular weight excluding hydrogens is 424 g/mol. The molecule has 0 fully saturated rings. The maximum atomic E-state index is 12.8. The van der Waals surface area contributed by atoms with Crippen LogP contribution in [0.2, 0.25) is 0 Å². The van der Waals surface area contributed by atoms with Crippen LogP contribution in [0.5, 0.6) is 5.75 Å². The molecule has 0 radical (unpaired) electrons. The fourth-order valence-electron chi connectivity index (χ4n) is 2.35. The van der Waals surface area contributed by atoms with Gasteiger partial charge in [0.25, 0.3) is 11.8 Å². The van der Waals surface area contributed by atoms with Gasteiger partial charge in [0.1, 0.15) is 11.4 Å². The number of carbonyl (C=O) groups excluding carboxylic acids is 2. The number of hydrogen-bond donors (Lipinski definition) is 2. The zero-order valence-corrected chi connectivity index (χ0v) is 16.5. The molecule has 7 heteroatoms. The highest BCUT2D eigenvalue weighted by Crippen LogP contribution is 2.17. The molecule has 28 heavy (non-hydrogen) atoms. The van der Waals surface area contributed by atoms with Gasteiger partial charge in [-0.1, -0.05) is 28.1 Å². The Labute approximate surface area is 170 Å². The predicted molar refractivity (Wildman–Crippen MR) is 110 cm³/mol. The van der Waals surface area contributed by atoms with E-state index >= 15 is 0 Å². The number of ether oxygens (including phenoxy) is 1. The van der Waals surface area contributed by atoms with Gasteiger partial charge in [-0.05, 0) is 60.2 Å². The van der Waals surface area contributed by atoms with E-state index in [1.54, 1.807) is 43.5 Å². The van der Waals surface area contributed by atoms with Crippen molar-refractivity contribution < 1.29 is 18.7 Å². The molecule has 1 aromatic heterocycles. The van der Waals surface area contributed by atoms with Crippen molar-refractivity contribution in [1.29, 1.82) is 0 Å². The van der Waals surface area contributed by atoms with Crippen LogP contribution in [0, 0.1) is 0 Å². The van der Waals surface area contributed by atoms with Crippen LogP contribution in [0.25, 0.3) is 6.08 Å². The minimum atomic E-state index is -0.516. The Hall–Kier alpha value is -3.32. The number of halogens is 1. The zero-order valence-electron chi connectivity index (χ0n) is 14.9. The molecule has 0 aliphatic carbocycles. The van der Waals surface area contributed by atoms with Gasteiger partial charge in [0, 0.05) is 10.2 Å². The van der Waals surface area contributed by atoms with E-state index in [2.05, 4.69) is 26.6 Å². The largest absolute Gasteiger partial charge is 0.497 e. The van der Waals surface area contributed by atoms with Crippen molar-refractivity contribution in [3.63, 3.8) is 0 Å². The summed E-state index contributed by atoms with van der Waals surface area (Å²) < 4.78 is 11.1. The van der Waals surface area contributed by atoms with E-state index in [0.717, 1.165) is 10.0 Å². The lowest BCUT2D eigenvalue weighted by Gasteiger charge is -2.11. The molecule has 3 rings (SSSR count). The molecule has 2 aromatic carbocycles. The van der Waals surface area contributed by atoms with Gasteiger partial charge in [-0.3, -0.25) is 9.59 Å². The summed E-state index contributed by atoms with van der Waals surface area (Å²) in [6, 6.07) is 17.3. The standard InChI is InChI=1S/C21H17BrN2O4/c1-27-17-10-8-16(9-11-17)23-20(25)18(13-14-4-6-15(22)7-5-14)24-21(26)19-3-2-12-28-19/h2-13H,1H3,(H,23,25)(H,24,26)/b18-13-. The minimum absolute atomic E-state index is 0.0829. The molecule has 2 amide bonds. The first-order chi connectivity index (χ1) is 13.5. The molecule has 0 spiro atoms. The molecule has 0 unspecified atom stereocenters. The highest BCUT2D eigenvalue weighted by atomic mass is 79.9. The first kappa shape index (κ1) is 19.4. The lowest BCUT2D eigenvalue weighted by Crippen LogP contribution is -2.30. The first-order valence-electron chi connectivity index (χ1n) is 8.32. The van der Waals surface area contributed by atoms with Gasteiger partial charge < -0.3 is 19.8 Å². The number of anilines is 1. The minimum Gasteiger partial charge on any atom is -0.497 e. The fourth-order valence-corrected chi connectivity index (χ4v) is 2.61. The van der Waals surface area contributed by atoms with Crippen LogP contribution in [0.15, 0.2) is 81.5 Å². The van der Waals surface area contributed by atoms with Gasteiger partial charge in [0.15, 0.2) is 5.76 Å². The van der Waals surface area contributed by atoms with E-state index in [0.29, 0.717) is 11.4 Å². The van der Waals surface area contributed by atoms with Gasteiger partial charge in [-0.15, -0.1) is 0 Å². The van der Waals surface area contributed by atoms with Crippen LogP contribution in [0.4, 0.5) is 5.69 Å². The van der Waals surface area contributed by atoms with Crippen molar-refractivity contribution in [2.24, 2.45) is 0 Å². The number of nitrogens with one attached hydrogen (secondary N) is 2. The third-order valence-electron chi connectivity index (χ3n) is 3.77. The van der Waals surface area contributed by atoms with Gasteiger partial charge in [0.05, 0.1) is 13.4 Å². The molecule has 0 atom stereocenters. The maximum Gasteiger partial charge on any atom is 0.291 e. The number of furan rings is 1. The Morgan fingerprint density at radius 2 is 1.75 bits per heavy atom.